The van der Waals surface area contributed by atoms with Crippen LogP contribution < -0.4 is 14.2 Å². The third-order valence-corrected chi connectivity index (χ3v) is 3.90. The minimum absolute atomic E-state index is 0.387. The predicted octanol–water partition coefficient (Wildman–Crippen LogP) is -0.515. The van der Waals surface area contributed by atoms with Crippen LogP contribution >= 0.6 is 0 Å². The molecule has 28 heavy (non-hydrogen) atoms. The Kier molecular flexibility index (Phi) is 6.96. The van der Waals surface area contributed by atoms with E-state index in [1.54, 1.807) is 12.1 Å². The lowest BCUT2D eigenvalue weighted by Crippen LogP contribution is -2.37. The first-order chi connectivity index (χ1) is 13.3. The summed E-state index contributed by atoms with van der Waals surface area (Å²) in [4.78, 5) is 34.6. The molecule has 2 N–H and O–H groups in total. The molecule has 1 saturated heterocycles. The molecule has 0 bridgehead atoms. The van der Waals surface area contributed by atoms with Gasteiger partial charge in [0.15, 0.2) is 6.10 Å². The minimum atomic E-state index is -1.94. The van der Waals surface area contributed by atoms with Crippen molar-refractivity contribution in [3.05, 3.63) is 23.8 Å². The first-order valence-corrected chi connectivity index (χ1v) is 8.07. The van der Waals surface area contributed by atoms with Crippen molar-refractivity contribution in [3.63, 3.8) is 0 Å². The first-order valence-electron chi connectivity index (χ1n) is 8.07. The average Bonchev–Trinajstić information content (AvgIpc) is 2.96. The molecular weight excluding hydrogens is 376 g/mol. The molecule has 1 aromatic rings. The number of ether oxygens (including phenoxy) is 5. The van der Waals surface area contributed by atoms with E-state index in [1.165, 1.54) is 27.4 Å². The second kappa shape index (κ2) is 9.20. The molecule has 0 radical (unpaired) electrons. The lowest BCUT2D eigenvalue weighted by atomic mass is 10.1. The van der Waals surface area contributed by atoms with E-state index in [0.29, 0.717) is 22.8 Å². The Morgan fingerprint density at radius 1 is 1.18 bits per heavy atom. The lowest BCUT2D eigenvalue weighted by molar-refractivity contribution is -0.154. The van der Waals surface area contributed by atoms with Gasteiger partial charge < -0.3 is 33.9 Å². The SMILES string of the molecule is COc1cc(OC)c(C=CC(=O)OC[C@@H](O)[C@H]2OC(=O)C(O)C2=O)c(OC)c1. The fourth-order valence-corrected chi connectivity index (χ4v) is 2.44. The Labute approximate surface area is 160 Å². The van der Waals surface area contributed by atoms with Gasteiger partial charge in [0.2, 0.25) is 11.9 Å². The molecule has 2 rings (SSSR count). The summed E-state index contributed by atoms with van der Waals surface area (Å²) in [5.74, 6) is -1.71. The van der Waals surface area contributed by atoms with Crippen LogP contribution in [0.15, 0.2) is 18.2 Å². The normalized spacial score (nSPS) is 20.0. The quantitative estimate of drug-likeness (QED) is 0.335. The number of carbonyl (C=O) groups is 3. The van der Waals surface area contributed by atoms with Crippen LogP contribution in [0.25, 0.3) is 6.08 Å². The van der Waals surface area contributed by atoms with Gasteiger partial charge in [0.25, 0.3) is 0 Å². The van der Waals surface area contributed by atoms with Gasteiger partial charge >= 0.3 is 11.9 Å². The molecule has 0 amide bonds. The molecule has 0 aliphatic carbocycles. The Hall–Kier alpha value is -3.11. The summed E-state index contributed by atoms with van der Waals surface area (Å²) in [6.07, 6.45) is -2.67. The number of methoxy groups -OCH3 is 3. The van der Waals surface area contributed by atoms with E-state index in [-0.39, 0.29) is 0 Å². The van der Waals surface area contributed by atoms with Crippen molar-refractivity contribution in [1.29, 1.82) is 0 Å². The number of carbonyl (C=O) groups excluding carboxylic acids is 3. The molecule has 0 aromatic heterocycles. The molecule has 3 atom stereocenters. The molecule has 1 aliphatic rings. The minimum Gasteiger partial charge on any atom is -0.496 e. The summed E-state index contributed by atoms with van der Waals surface area (Å²) in [5.41, 5.74) is 0.450. The molecule has 10 nitrogen and oxygen atoms in total. The smallest absolute Gasteiger partial charge is 0.343 e. The van der Waals surface area contributed by atoms with E-state index in [0.717, 1.165) is 6.08 Å². The number of Topliss-reactive ketones (excluding diaryl/α,β-unsaturated/α-hetero) is 1. The number of cyclic esters (lactones) is 1. The zero-order valence-electron chi connectivity index (χ0n) is 15.4. The van der Waals surface area contributed by atoms with Crippen molar-refractivity contribution >= 4 is 23.8 Å². The maximum atomic E-state index is 11.9. The van der Waals surface area contributed by atoms with Crippen molar-refractivity contribution in [3.8, 4) is 17.2 Å². The second-order valence-corrected chi connectivity index (χ2v) is 5.64. The van der Waals surface area contributed by atoms with Gasteiger partial charge in [-0.2, -0.15) is 0 Å². The number of aliphatic hydroxyl groups excluding tert-OH is 2. The standard InChI is InChI=1S/C18H20O10/c1-24-9-6-12(25-2)10(13(7-9)26-3)4-5-14(20)27-8-11(19)17-15(21)16(22)18(23)28-17/h4-7,11,16-17,19,22H,8H2,1-3H3/t11-,16?,17-/m1/s1. The Balaban J connectivity index is 2.02. The van der Waals surface area contributed by atoms with Crippen molar-refractivity contribution in [2.75, 3.05) is 27.9 Å². The van der Waals surface area contributed by atoms with Gasteiger partial charge in [-0.1, -0.05) is 0 Å². The molecule has 152 valence electrons. The highest BCUT2D eigenvalue weighted by atomic mass is 16.6. The van der Waals surface area contributed by atoms with Gasteiger partial charge in [-0.15, -0.1) is 0 Å². The monoisotopic (exact) mass is 396 g/mol. The third kappa shape index (κ3) is 4.59. The van der Waals surface area contributed by atoms with Gasteiger partial charge in [0, 0.05) is 18.2 Å². The summed E-state index contributed by atoms with van der Waals surface area (Å²) in [7, 11) is 4.36. The van der Waals surface area contributed by atoms with Crippen molar-refractivity contribution in [1.82, 2.24) is 0 Å². The van der Waals surface area contributed by atoms with E-state index in [9.17, 15) is 24.6 Å². The molecule has 1 aliphatic heterocycles. The van der Waals surface area contributed by atoms with Crippen molar-refractivity contribution < 1.29 is 48.3 Å². The van der Waals surface area contributed by atoms with E-state index in [1.807, 2.05) is 0 Å². The van der Waals surface area contributed by atoms with E-state index in [4.69, 9.17) is 18.9 Å². The van der Waals surface area contributed by atoms with Crippen LogP contribution in [0.5, 0.6) is 17.2 Å². The maximum absolute atomic E-state index is 11.9. The summed E-state index contributed by atoms with van der Waals surface area (Å²) in [6.45, 7) is -0.615. The Morgan fingerprint density at radius 3 is 2.25 bits per heavy atom. The van der Waals surface area contributed by atoms with E-state index >= 15 is 0 Å². The molecule has 0 spiro atoms. The largest absolute Gasteiger partial charge is 0.496 e. The van der Waals surface area contributed by atoms with Gasteiger partial charge in [0.05, 0.1) is 26.9 Å². The number of aliphatic hydroxyl groups is 2. The summed E-state index contributed by atoms with van der Waals surface area (Å²) in [6, 6.07) is 3.20. The maximum Gasteiger partial charge on any atom is 0.343 e. The molecule has 1 aromatic carbocycles. The fourth-order valence-electron chi connectivity index (χ4n) is 2.44. The van der Waals surface area contributed by atoms with Crippen molar-refractivity contribution in [2.24, 2.45) is 0 Å². The molecule has 0 saturated carbocycles. The molecule has 1 heterocycles. The van der Waals surface area contributed by atoms with Crippen LogP contribution in [0.3, 0.4) is 0 Å². The van der Waals surface area contributed by atoms with Crippen LogP contribution in [0, 0.1) is 0 Å². The second-order valence-electron chi connectivity index (χ2n) is 5.64. The summed E-state index contributed by atoms with van der Waals surface area (Å²) in [5, 5.41) is 19.1. The summed E-state index contributed by atoms with van der Waals surface area (Å²) >= 11 is 0. The molecule has 1 fully saturated rings. The number of rotatable bonds is 8. The van der Waals surface area contributed by atoms with Crippen molar-refractivity contribution in [2.45, 2.75) is 18.3 Å². The number of benzene rings is 1. The van der Waals surface area contributed by atoms with Crippen LogP contribution in [-0.2, 0) is 23.9 Å². The van der Waals surface area contributed by atoms with E-state index in [2.05, 4.69) is 4.74 Å². The molecule has 10 heteroatoms. The zero-order valence-corrected chi connectivity index (χ0v) is 15.4. The Morgan fingerprint density at radius 2 is 1.79 bits per heavy atom. The first kappa shape index (κ1) is 21.2. The third-order valence-electron chi connectivity index (χ3n) is 3.90. The topological polar surface area (TPSA) is 138 Å². The highest BCUT2D eigenvalue weighted by molar-refractivity contribution is 6.09. The molecular formula is C18H20O10. The van der Waals surface area contributed by atoms with E-state index < -0.39 is 42.6 Å². The number of ketones is 1. The lowest BCUT2D eigenvalue weighted by Gasteiger charge is -2.15. The zero-order chi connectivity index (χ0) is 20.8. The molecule has 1 unspecified atom stereocenters. The van der Waals surface area contributed by atoms with Gasteiger partial charge in [-0.05, 0) is 6.08 Å². The Bertz CT molecular complexity index is 760. The highest BCUT2D eigenvalue weighted by Gasteiger charge is 2.46. The van der Waals surface area contributed by atoms with Crippen LogP contribution in [0.2, 0.25) is 0 Å². The number of esters is 2. The van der Waals surface area contributed by atoms with Gasteiger partial charge in [0.1, 0.15) is 30.0 Å². The average molecular weight is 396 g/mol. The number of hydrogen-bond donors (Lipinski definition) is 2. The van der Waals surface area contributed by atoms with Gasteiger partial charge in [-0.3, -0.25) is 4.79 Å². The summed E-state index contributed by atoms with van der Waals surface area (Å²) < 4.78 is 25.0. The highest BCUT2D eigenvalue weighted by Crippen LogP contribution is 2.35. The fraction of sp³-hybridized carbons (Fsp3) is 0.389. The van der Waals surface area contributed by atoms with Crippen LogP contribution in [0.1, 0.15) is 5.56 Å². The van der Waals surface area contributed by atoms with Crippen LogP contribution in [0.4, 0.5) is 0 Å². The number of hydrogen-bond acceptors (Lipinski definition) is 10. The van der Waals surface area contributed by atoms with Gasteiger partial charge in [-0.25, -0.2) is 9.59 Å². The van der Waals surface area contributed by atoms with Crippen LogP contribution in [-0.4, -0.2) is 74.2 Å². The predicted molar refractivity (Wildman–Crippen MR) is 93.0 cm³/mol.